The van der Waals surface area contributed by atoms with E-state index in [1.54, 1.807) is 17.7 Å². The Morgan fingerprint density at radius 2 is 2.22 bits per heavy atom. The van der Waals surface area contributed by atoms with Gasteiger partial charge in [0.25, 0.3) is 0 Å². The Kier molecular flexibility index (Phi) is 3.18. The van der Waals surface area contributed by atoms with Crippen molar-refractivity contribution in [1.29, 1.82) is 0 Å². The maximum absolute atomic E-state index is 4.52. The molecule has 1 fully saturated rings. The second-order valence-electron chi connectivity index (χ2n) is 4.58. The number of rotatable bonds is 4. The molecule has 18 heavy (non-hydrogen) atoms. The van der Waals surface area contributed by atoms with Gasteiger partial charge in [-0.3, -0.25) is 0 Å². The molecular formula is C13H18N4S. The molecule has 96 valence electrons. The molecule has 1 saturated heterocycles. The van der Waals surface area contributed by atoms with Crippen molar-refractivity contribution in [3.63, 3.8) is 0 Å². The minimum Gasteiger partial charge on any atom is -0.351 e. The molecule has 0 atom stereocenters. The van der Waals surface area contributed by atoms with Crippen LogP contribution in [0, 0.1) is 0 Å². The zero-order chi connectivity index (χ0) is 12.5. The van der Waals surface area contributed by atoms with E-state index in [-0.39, 0.29) is 0 Å². The van der Waals surface area contributed by atoms with E-state index in [0.29, 0.717) is 6.04 Å². The SMILES string of the molecule is CCc1cc2c(N(CC)C3CNC3)ncnc2s1. The minimum atomic E-state index is 0.582. The summed E-state index contributed by atoms with van der Waals surface area (Å²) >= 11 is 1.78. The molecule has 3 rings (SSSR count). The van der Waals surface area contributed by atoms with Crippen LogP contribution in [0.15, 0.2) is 12.4 Å². The summed E-state index contributed by atoms with van der Waals surface area (Å²) < 4.78 is 0. The van der Waals surface area contributed by atoms with Crippen LogP contribution >= 0.6 is 11.3 Å². The number of aromatic nitrogens is 2. The summed E-state index contributed by atoms with van der Waals surface area (Å²) in [6, 6.07) is 2.84. The number of hydrogen-bond acceptors (Lipinski definition) is 5. The second kappa shape index (κ2) is 4.82. The van der Waals surface area contributed by atoms with Gasteiger partial charge in [-0.05, 0) is 19.4 Å². The topological polar surface area (TPSA) is 41.0 Å². The largest absolute Gasteiger partial charge is 0.351 e. The van der Waals surface area contributed by atoms with Crippen LogP contribution in [-0.4, -0.2) is 35.6 Å². The predicted octanol–water partition coefficient (Wildman–Crippen LogP) is 2.05. The molecule has 3 heterocycles. The highest BCUT2D eigenvalue weighted by molar-refractivity contribution is 7.18. The Balaban J connectivity index is 2.06. The van der Waals surface area contributed by atoms with Crippen molar-refractivity contribution in [2.75, 3.05) is 24.5 Å². The Labute approximate surface area is 111 Å². The van der Waals surface area contributed by atoms with Gasteiger partial charge in [0.05, 0.1) is 11.4 Å². The summed E-state index contributed by atoms with van der Waals surface area (Å²) in [5, 5.41) is 4.54. The number of hydrogen-bond donors (Lipinski definition) is 1. The van der Waals surface area contributed by atoms with E-state index in [1.807, 2.05) is 0 Å². The van der Waals surface area contributed by atoms with E-state index < -0.39 is 0 Å². The van der Waals surface area contributed by atoms with Gasteiger partial charge in [0, 0.05) is 24.5 Å². The van der Waals surface area contributed by atoms with Gasteiger partial charge in [-0.2, -0.15) is 0 Å². The lowest BCUT2D eigenvalue weighted by Gasteiger charge is -2.38. The summed E-state index contributed by atoms with van der Waals surface area (Å²) in [6.45, 7) is 7.49. The third kappa shape index (κ3) is 1.87. The maximum atomic E-state index is 4.52. The highest BCUT2D eigenvalue weighted by Gasteiger charge is 2.26. The molecule has 2 aromatic heterocycles. The normalized spacial score (nSPS) is 15.9. The summed E-state index contributed by atoms with van der Waals surface area (Å²) in [5.74, 6) is 1.10. The lowest BCUT2D eigenvalue weighted by atomic mass is 10.1. The average Bonchev–Trinajstić information content (AvgIpc) is 2.76. The van der Waals surface area contributed by atoms with Gasteiger partial charge in [-0.1, -0.05) is 6.92 Å². The van der Waals surface area contributed by atoms with Crippen LogP contribution in [0.3, 0.4) is 0 Å². The molecule has 0 amide bonds. The second-order valence-corrected chi connectivity index (χ2v) is 5.70. The van der Waals surface area contributed by atoms with Crippen molar-refractivity contribution in [1.82, 2.24) is 15.3 Å². The molecule has 1 N–H and O–H groups in total. The van der Waals surface area contributed by atoms with Gasteiger partial charge in [0.1, 0.15) is 17.0 Å². The molecule has 4 nitrogen and oxygen atoms in total. The van der Waals surface area contributed by atoms with Crippen LogP contribution < -0.4 is 10.2 Å². The van der Waals surface area contributed by atoms with E-state index in [2.05, 4.69) is 40.1 Å². The first-order valence-electron chi connectivity index (χ1n) is 6.54. The molecular weight excluding hydrogens is 244 g/mol. The number of anilines is 1. The zero-order valence-electron chi connectivity index (χ0n) is 10.8. The molecule has 0 spiro atoms. The monoisotopic (exact) mass is 262 g/mol. The Hall–Kier alpha value is -1.20. The molecule has 0 unspecified atom stereocenters. The fourth-order valence-corrected chi connectivity index (χ4v) is 3.30. The van der Waals surface area contributed by atoms with Gasteiger partial charge >= 0.3 is 0 Å². The number of thiophene rings is 1. The Morgan fingerprint density at radius 3 is 2.83 bits per heavy atom. The molecule has 0 bridgehead atoms. The van der Waals surface area contributed by atoms with Gasteiger partial charge in [0.2, 0.25) is 0 Å². The van der Waals surface area contributed by atoms with Crippen molar-refractivity contribution in [3.05, 3.63) is 17.3 Å². The van der Waals surface area contributed by atoms with Crippen LogP contribution in [0.1, 0.15) is 18.7 Å². The quantitative estimate of drug-likeness (QED) is 0.915. The number of nitrogens with zero attached hydrogens (tertiary/aromatic N) is 3. The lowest BCUT2D eigenvalue weighted by molar-refractivity contribution is 0.416. The highest BCUT2D eigenvalue weighted by Crippen LogP contribution is 2.31. The molecule has 1 aliphatic rings. The summed E-state index contributed by atoms with van der Waals surface area (Å²) in [7, 11) is 0. The highest BCUT2D eigenvalue weighted by atomic mass is 32.1. The Morgan fingerprint density at radius 1 is 1.39 bits per heavy atom. The standard InChI is InChI=1S/C13H18N4S/c1-3-10-5-11-12(15-8-16-13(11)18-10)17(4-2)9-6-14-7-9/h5,8-9,14H,3-4,6-7H2,1-2H3. The summed E-state index contributed by atoms with van der Waals surface area (Å²) in [4.78, 5) is 13.8. The molecule has 2 aromatic rings. The zero-order valence-corrected chi connectivity index (χ0v) is 11.6. The van der Waals surface area contributed by atoms with Gasteiger partial charge in [-0.25, -0.2) is 9.97 Å². The van der Waals surface area contributed by atoms with Crippen LogP contribution in [0.5, 0.6) is 0 Å². The molecule has 0 radical (unpaired) electrons. The van der Waals surface area contributed by atoms with E-state index in [1.165, 1.54) is 10.3 Å². The van der Waals surface area contributed by atoms with Crippen molar-refractivity contribution < 1.29 is 0 Å². The first-order chi connectivity index (χ1) is 8.83. The molecule has 0 aromatic carbocycles. The van der Waals surface area contributed by atoms with E-state index in [4.69, 9.17) is 0 Å². The van der Waals surface area contributed by atoms with Crippen molar-refractivity contribution >= 4 is 27.4 Å². The van der Waals surface area contributed by atoms with Crippen LogP contribution in [0.4, 0.5) is 5.82 Å². The molecule has 0 aliphatic carbocycles. The Bertz CT molecular complexity index is 547. The first kappa shape index (κ1) is 11.9. The smallest absolute Gasteiger partial charge is 0.141 e. The van der Waals surface area contributed by atoms with Gasteiger partial charge in [-0.15, -0.1) is 11.3 Å². The maximum Gasteiger partial charge on any atom is 0.141 e. The number of likely N-dealkylation sites (N-methyl/N-ethyl adjacent to an activating group) is 1. The number of aryl methyl sites for hydroxylation is 1. The summed E-state index contributed by atoms with van der Waals surface area (Å²) in [5.41, 5.74) is 0. The molecule has 5 heteroatoms. The van der Waals surface area contributed by atoms with E-state index >= 15 is 0 Å². The first-order valence-corrected chi connectivity index (χ1v) is 7.36. The average molecular weight is 262 g/mol. The van der Waals surface area contributed by atoms with Crippen LogP contribution in [-0.2, 0) is 6.42 Å². The number of nitrogens with one attached hydrogen (secondary N) is 1. The minimum absolute atomic E-state index is 0.582. The van der Waals surface area contributed by atoms with Crippen LogP contribution in [0.2, 0.25) is 0 Å². The fourth-order valence-electron chi connectivity index (χ4n) is 2.37. The third-order valence-corrected chi connectivity index (χ3v) is 4.71. The van der Waals surface area contributed by atoms with Crippen LogP contribution in [0.25, 0.3) is 10.2 Å². The van der Waals surface area contributed by atoms with Crippen molar-refractivity contribution in [3.8, 4) is 0 Å². The van der Waals surface area contributed by atoms with E-state index in [0.717, 1.165) is 36.7 Å². The van der Waals surface area contributed by atoms with Gasteiger partial charge < -0.3 is 10.2 Å². The van der Waals surface area contributed by atoms with Gasteiger partial charge in [0.15, 0.2) is 0 Å². The molecule has 0 saturated carbocycles. The number of fused-ring (bicyclic) bond motifs is 1. The van der Waals surface area contributed by atoms with Crippen molar-refractivity contribution in [2.45, 2.75) is 26.3 Å². The lowest BCUT2D eigenvalue weighted by Crippen LogP contribution is -2.57. The molecule has 1 aliphatic heterocycles. The third-order valence-electron chi connectivity index (χ3n) is 3.52. The predicted molar refractivity (Wildman–Crippen MR) is 76.5 cm³/mol. The fraction of sp³-hybridized carbons (Fsp3) is 0.538. The summed E-state index contributed by atoms with van der Waals surface area (Å²) in [6.07, 6.45) is 2.76. The van der Waals surface area contributed by atoms with E-state index in [9.17, 15) is 0 Å². The van der Waals surface area contributed by atoms with Crippen molar-refractivity contribution in [2.24, 2.45) is 0 Å².